The molecule has 1 aromatic rings. The van der Waals surface area contributed by atoms with E-state index in [4.69, 9.17) is 0 Å². The first-order chi connectivity index (χ1) is 10.3. The lowest BCUT2D eigenvalue weighted by atomic mass is 9.91. The number of hydrogen-bond acceptors (Lipinski definition) is 3. The fourth-order valence-electron chi connectivity index (χ4n) is 2.62. The number of benzene rings is 1. The SMILES string of the molecule is CC1(C)CC(=O)N(CC(C)(O)c2cccc(C(F)(F)F)c2)C1=O. The third kappa shape index (κ3) is 3.39. The van der Waals surface area contributed by atoms with Crippen LogP contribution in [-0.2, 0) is 21.4 Å². The van der Waals surface area contributed by atoms with Crippen molar-refractivity contribution in [1.82, 2.24) is 4.90 Å². The van der Waals surface area contributed by atoms with Gasteiger partial charge in [-0.05, 0) is 24.6 Å². The van der Waals surface area contributed by atoms with Crippen molar-refractivity contribution in [3.05, 3.63) is 35.4 Å². The molecule has 4 nitrogen and oxygen atoms in total. The van der Waals surface area contributed by atoms with Crippen molar-refractivity contribution < 1.29 is 27.9 Å². The Bertz CT molecular complexity index is 650. The van der Waals surface area contributed by atoms with Crippen LogP contribution in [0.3, 0.4) is 0 Å². The molecule has 0 radical (unpaired) electrons. The van der Waals surface area contributed by atoms with Gasteiger partial charge in [-0.15, -0.1) is 0 Å². The molecular formula is C16H18F3NO3. The third-order valence-electron chi connectivity index (χ3n) is 4.00. The van der Waals surface area contributed by atoms with Gasteiger partial charge in [0, 0.05) is 6.42 Å². The van der Waals surface area contributed by atoms with Crippen LogP contribution in [0.15, 0.2) is 24.3 Å². The molecule has 1 fully saturated rings. The topological polar surface area (TPSA) is 57.6 Å². The molecular weight excluding hydrogens is 311 g/mol. The van der Waals surface area contributed by atoms with Crippen LogP contribution in [0.2, 0.25) is 0 Å². The number of β-amino-alcohol motifs (C(OH)–C–C–N with tert-alkyl or cyclic N) is 1. The monoisotopic (exact) mass is 329 g/mol. The van der Waals surface area contributed by atoms with Gasteiger partial charge in [0.05, 0.1) is 17.5 Å². The average molecular weight is 329 g/mol. The Morgan fingerprint density at radius 1 is 1.22 bits per heavy atom. The Morgan fingerprint density at radius 3 is 2.26 bits per heavy atom. The zero-order valence-corrected chi connectivity index (χ0v) is 13.1. The number of likely N-dealkylation sites (tertiary alicyclic amines) is 1. The number of amides is 2. The highest BCUT2D eigenvalue weighted by Gasteiger charge is 2.47. The summed E-state index contributed by atoms with van der Waals surface area (Å²) in [5.74, 6) is -0.873. The number of aliphatic hydroxyl groups is 1. The molecule has 23 heavy (non-hydrogen) atoms. The molecule has 2 amide bonds. The van der Waals surface area contributed by atoms with Gasteiger partial charge >= 0.3 is 6.18 Å². The molecule has 0 bridgehead atoms. The highest BCUT2D eigenvalue weighted by atomic mass is 19.4. The second-order valence-electron chi connectivity index (χ2n) is 6.70. The van der Waals surface area contributed by atoms with Gasteiger partial charge in [-0.3, -0.25) is 14.5 Å². The predicted molar refractivity (Wildman–Crippen MR) is 76.1 cm³/mol. The number of nitrogens with zero attached hydrogens (tertiary/aromatic N) is 1. The van der Waals surface area contributed by atoms with E-state index in [9.17, 15) is 27.9 Å². The first-order valence-corrected chi connectivity index (χ1v) is 7.09. The Balaban J connectivity index is 2.29. The summed E-state index contributed by atoms with van der Waals surface area (Å²) in [5, 5.41) is 10.5. The van der Waals surface area contributed by atoms with Gasteiger partial charge in [-0.25, -0.2) is 0 Å². The maximum Gasteiger partial charge on any atom is 0.416 e. The first kappa shape index (κ1) is 17.5. The molecule has 2 rings (SSSR count). The summed E-state index contributed by atoms with van der Waals surface area (Å²) in [5.41, 5.74) is -3.53. The number of alkyl halides is 3. The summed E-state index contributed by atoms with van der Waals surface area (Å²) in [7, 11) is 0. The van der Waals surface area contributed by atoms with E-state index >= 15 is 0 Å². The molecule has 0 aliphatic carbocycles. The quantitative estimate of drug-likeness (QED) is 0.868. The largest absolute Gasteiger partial charge is 0.416 e. The van der Waals surface area contributed by atoms with E-state index in [0.717, 1.165) is 17.0 Å². The number of carbonyl (C=O) groups is 2. The summed E-state index contributed by atoms with van der Waals surface area (Å²) >= 11 is 0. The van der Waals surface area contributed by atoms with Crippen LogP contribution in [0.1, 0.15) is 38.3 Å². The van der Waals surface area contributed by atoms with Gasteiger partial charge in [-0.2, -0.15) is 13.2 Å². The van der Waals surface area contributed by atoms with Gasteiger partial charge in [-0.1, -0.05) is 26.0 Å². The molecule has 0 spiro atoms. The molecule has 1 saturated heterocycles. The standard InChI is InChI=1S/C16H18F3NO3/c1-14(2)8-12(21)20(13(14)22)9-15(3,23)10-5-4-6-11(7-10)16(17,18)19/h4-7,23H,8-9H2,1-3H3. The second-order valence-corrected chi connectivity index (χ2v) is 6.70. The van der Waals surface area contributed by atoms with E-state index in [1.54, 1.807) is 13.8 Å². The van der Waals surface area contributed by atoms with E-state index in [1.165, 1.54) is 19.1 Å². The lowest BCUT2D eigenvalue weighted by Gasteiger charge is -2.29. The van der Waals surface area contributed by atoms with E-state index in [0.29, 0.717) is 0 Å². The summed E-state index contributed by atoms with van der Waals surface area (Å²) in [6.45, 7) is 4.14. The van der Waals surface area contributed by atoms with E-state index < -0.39 is 34.6 Å². The lowest BCUT2D eigenvalue weighted by Crippen LogP contribution is -2.43. The Labute approximate surface area is 131 Å². The van der Waals surface area contributed by atoms with Crippen LogP contribution in [-0.4, -0.2) is 28.4 Å². The second kappa shape index (κ2) is 5.33. The molecule has 126 valence electrons. The molecule has 1 heterocycles. The van der Waals surface area contributed by atoms with Crippen molar-refractivity contribution in [3.63, 3.8) is 0 Å². The summed E-state index contributed by atoms with van der Waals surface area (Å²) in [4.78, 5) is 25.1. The molecule has 7 heteroatoms. The Kier molecular flexibility index (Phi) is 4.05. The minimum atomic E-state index is -4.53. The molecule has 1 unspecified atom stereocenters. The van der Waals surface area contributed by atoms with Gasteiger partial charge < -0.3 is 5.11 Å². The number of imide groups is 1. The van der Waals surface area contributed by atoms with Crippen molar-refractivity contribution in [2.24, 2.45) is 5.41 Å². The van der Waals surface area contributed by atoms with Crippen LogP contribution < -0.4 is 0 Å². The summed E-state index contributed by atoms with van der Waals surface area (Å²) < 4.78 is 38.4. The minimum absolute atomic E-state index is 0.00219. The zero-order chi connectivity index (χ0) is 17.6. The number of halogens is 3. The van der Waals surface area contributed by atoms with Gasteiger partial charge in [0.15, 0.2) is 0 Å². The Hall–Kier alpha value is -1.89. The third-order valence-corrected chi connectivity index (χ3v) is 4.00. The van der Waals surface area contributed by atoms with Crippen molar-refractivity contribution in [3.8, 4) is 0 Å². The molecule has 1 N–H and O–H groups in total. The van der Waals surface area contributed by atoms with Gasteiger partial charge in [0.2, 0.25) is 11.8 Å². The normalized spacial score (nSPS) is 20.7. The summed E-state index contributed by atoms with van der Waals surface area (Å²) in [6.07, 6.45) is -4.52. The van der Waals surface area contributed by atoms with Gasteiger partial charge in [0.1, 0.15) is 5.60 Å². The fourth-order valence-corrected chi connectivity index (χ4v) is 2.62. The maximum atomic E-state index is 12.8. The molecule has 0 saturated carbocycles. The van der Waals surface area contributed by atoms with E-state index in [2.05, 4.69) is 0 Å². The Morgan fingerprint density at radius 2 is 1.78 bits per heavy atom. The zero-order valence-electron chi connectivity index (χ0n) is 13.1. The predicted octanol–water partition coefficient (Wildman–Crippen LogP) is 2.70. The lowest BCUT2D eigenvalue weighted by molar-refractivity contribution is -0.145. The molecule has 0 aromatic heterocycles. The first-order valence-electron chi connectivity index (χ1n) is 7.09. The van der Waals surface area contributed by atoms with E-state index in [1.807, 2.05) is 0 Å². The number of rotatable bonds is 3. The van der Waals surface area contributed by atoms with Crippen molar-refractivity contribution in [2.45, 2.75) is 39.0 Å². The van der Waals surface area contributed by atoms with E-state index in [-0.39, 0.29) is 18.5 Å². The number of hydrogen-bond donors (Lipinski definition) is 1. The fraction of sp³-hybridized carbons (Fsp3) is 0.500. The van der Waals surface area contributed by atoms with Gasteiger partial charge in [0.25, 0.3) is 0 Å². The summed E-state index contributed by atoms with van der Waals surface area (Å²) in [6, 6.07) is 4.25. The van der Waals surface area contributed by atoms with Crippen LogP contribution >= 0.6 is 0 Å². The number of carbonyl (C=O) groups excluding carboxylic acids is 2. The van der Waals surface area contributed by atoms with Crippen LogP contribution in [0.5, 0.6) is 0 Å². The smallest absolute Gasteiger partial charge is 0.384 e. The molecule has 1 aliphatic rings. The van der Waals surface area contributed by atoms with Crippen molar-refractivity contribution in [2.75, 3.05) is 6.54 Å². The maximum absolute atomic E-state index is 12.8. The van der Waals surface area contributed by atoms with Crippen LogP contribution in [0.4, 0.5) is 13.2 Å². The highest BCUT2D eigenvalue weighted by Crippen LogP contribution is 2.36. The molecule has 1 aromatic carbocycles. The highest BCUT2D eigenvalue weighted by molar-refractivity contribution is 6.05. The van der Waals surface area contributed by atoms with Crippen LogP contribution in [0.25, 0.3) is 0 Å². The molecule has 1 atom stereocenters. The van der Waals surface area contributed by atoms with Crippen LogP contribution in [0, 0.1) is 5.41 Å². The molecule has 1 aliphatic heterocycles. The van der Waals surface area contributed by atoms with Crippen molar-refractivity contribution >= 4 is 11.8 Å². The van der Waals surface area contributed by atoms with Crippen molar-refractivity contribution in [1.29, 1.82) is 0 Å². The average Bonchev–Trinajstić information content (AvgIpc) is 2.60. The minimum Gasteiger partial charge on any atom is -0.384 e.